The molecule has 0 radical (unpaired) electrons. The lowest BCUT2D eigenvalue weighted by Gasteiger charge is -2.30. The molecule has 3 heterocycles. The van der Waals surface area contributed by atoms with Crippen molar-refractivity contribution in [2.45, 2.75) is 19.4 Å². The van der Waals surface area contributed by atoms with Crippen LogP contribution in [0.15, 0.2) is 65.4 Å². The fourth-order valence-corrected chi connectivity index (χ4v) is 3.95. The number of rotatable bonds is 5. The van der Waals surface area contributed by atoms with Crippen LogP contribution < -0.4 is 5.32 Å². The minimum absolute atomic E-state index is 0.0357. The summed E-state index contributed by atoms with van der Waals surface area (Å²) < 4.78 is 4.89. The van der Waals surface area contributed by atoms with E-state index in [0.717, 1.165) is 66.3 Å². The highest BCUT2D eigenvalue weighted by molar-refractivity contribution is 5.93. The molecule has 1 fully saturated rings. The summed E-state index contributed by atoms with van der Waals surface area (Å²) in [5.74, 6) is 0.953. The predicted molar refractivity (Wildman–Crippen MR) is 115 cm³/mol. The Balaban J connectivity index is 1.17. The van der Waals surface area contributed by atoms with Gasteiger partial charge < -0.3 is 14.8 Å². The molecule has 2 aromatic carbocycles. The number of carbonyl (C=O) groups is 1. The minimum Gasteiger partial charge on any atom is -0.364 e. The highest BCUT2D eigenvalue weighted by Crippen LogP contribution is 2.24. The van der Waals surface area contributed by atoms with E-state index in [1.54, 1.807) is 6.26 Å². The molecule has 0 saturated carbocycles. The zero-order chi connectivity index (χ0) is 20.3. The van der Waals surface area contributed by atoms with E-state index in [4.69, 9.17) is 4.52 Å². The number of amides is 1. The van der Waals surface area contributed by atoms with E-state index >= 15 is 0 Å². The molecule has 4 aromatic rings. The van der Waals surface area contributed by atoms with Gasteiger partial charge in [-0.2, -0.15) is 0 Å². The lowest BCUT2D eigenvalue weighted by molar-refractivity contribution is -0.121. The fourth-order valence-electron chi connectivity index (χ4n) is 3.95. The van der Waals surface area contributed by atoms with Crippen molar-refractivity contribution in [2.24, 2.45) is 5.92 Å². The first-order chi connectivity index (χ1) is 14.7. The Labute approximate surface area is 174 Å². The van der Waals surface area contributed by atoms with Crippen LogP contribution in [0.3, 0.4) is 0 Å². The monoisotopic (exact) mass is 401 g/mol. The number of likely N-dealkylation sites (tertiary alicyclic amines) is 1. The smallest absolute Gasteiger partial charge is 0.227 e. The van der Waals surface area contributed by atoms with Gasteiger partial charge in [0, 0.05) is 29.8 Å². The van der Waals surface area contributed by atoms with Crippen LogP contribution in [-0.4, -0.2) is 39.0 Å². The first-order valence-electron chi connectivity index (χ1n) is 10.2. The minimum atomic E-state index is 0.0357. The van der Waals surface area contributed by atoms with Gasteiger partial charge in [-0.1, -0.05) is 17.3 Å². The number of nitrogens with zero attached hydrogens (tertiary/aromatic N) is 3. The maximum atomic E-state index is 12.7. The van der Waals surface area contributed by atoms with Crippen LogP contribution in [0.25, 0.3) is 22.4 Å². The Morgan fingerprint density at radius 2 is 1.90 bits per heavy atom. The number of benzene rings is 2. The lowest BCUT2D eigenvalue weighted by atomic mass is 9.95. The molecule has 0 aliphatic carbocycles. The number of para-hydroxylation sites is 2. The van der Waals surface area contributed by atoms with Crippen molar-refractivity contribution in [3.05, 3.63) is 66.6 Å². The van der Waals surface area contributed by atoms with Crippen LogP contribution in [0, 0.1) is 5.92 Å². The average molecular weight is 401 g/mol. The van der Waals surface area contributed by atoms with Gasteiger partial charge in [0.05, 0.1) is 16.7 Å². The maximum Gasteiger partial charge on any atom is 0.227 e. The zero-order valence-corrected chi connectivity index (χ0v) is 16.5. The lowest BCUT2D eigenvalue weighted by Crippen LogP contribution is -2.37. The number of hydrogen-bond acceptors (Lipinski definition) is 5. The summed E-state index contributed by atoms with van der Waals surface area (Å²) in [5.41, 5.74) is 4.69. The van der Waals surface area contributed by atoms with E-state index < -0.39 is 0 Å². The summed E-state index contributed by atoms with van der Waals surface area (Å²) >= 11 is 0. The summed E-state index contributed by atoms with van der Waals surface area (Å²) in [4.78, 5) is 23.0. The van der Waals surface area contributed by atoms with Crippen molar-refractivity contribution in [1.82, 2.24) is 20.0 Å². The Hall–Kier alpha value is -3.45. The van der Waals surface area contributed by atoms with Gasteiger partial charge in [0.2, 0.25) is 5.91 Å². The summed E-state index contributed by atoms with van der Waals surface area (Å²) in [7, 11) is 0. The molecule has 1 aliphatic heterocycles. The Kier molecular flexibility index (Phi) is 5.03. The standard InChI is InChI=1S/C23H23N5O2/c29-23(17-9-12-28(13-10-17)15-19-11-14-30-27-19)24-18-7-5-16(6-8-18)22-25-20-3-1-2-4-21(20)26-22/h1-8,11,14,17H,9-10,12-13,15H2,(H,24,29)(H,25,26). The molecule has 0 spiro atoms. The summed E-state index contributed by atoms with van der Waals surface area (Å²) in [6, 6.07) is 17.7. The van der Waals surface area contributed by atoms with Crippen LogP contribution >= 0.6 is 0 Å². The molecule has 30 heavy (non-hydrogen) atoms. The second-order valence-corrected chi connectivity index (χ2v) is 7.71. The normalized spacial score (nSPS) is 15.5. The molecule has 1 amide bonds. The number of anilines is 1. The van der Waals surface area contributed by atoms with Crippen molar-refractivity contribution in [1.29, 1.82) is 0 Å². The van der Waals surface area contributed by atoms with E-state index in [-0.39, 0.29) is 11.8 Å². The number of carbonyl (C=O) groups excluding carboxylic acids is 1. The van der Waals surface area contributed by atoms with Crippen molar-refractivity contribution in [3.63, 3.8) is 0 Å². The van der Waals surface area contributed by atoms with Gasteiger partial charge in [-0.3, -0.25) is 9.69 Å². The summed E-state index contributed by atoms with van der Waals surface area (Å²) in [6.45, 7) is 2.54. The van der Waals surface area contributed by atoms with Crippen LogP contribution in [-0.2, 0) is 11.3 Å². The Morgan fingerprint density at radius 1 is 1.10 bits per heavy atom. The SMILES string of the molecule is O=C(Nc1ccc(-c2nc3ccccc3[nH]2)cc1)C1CCN(Cc2ccon2)CC1. The number of aromatic nitrogens is 3. The topological polar surface area (TPSA) is 87.0 Å². The van der Waals surface area contributed by atoms with Crippen LogP contribution in [0.5, 0.6) is 0 Å². The van der Waals surface area contributed by atoms with Gasteiger partial charge >= 0.3 is 0 Å². The van der Waals surface area contributed by atoms with Gasteiger partial charge in [0.25, 0.3) is 0 Å². The van der Waals surface area contributed by atoms with Crippen molar-refractivity contribution in [3.8, 4) is 11.4 Å². The van der Waals surface area contributed by atoms with Crippen LogP contribution in [0.4, 0.5) is 5.69 Å². The van der Waals surface area contributed by atoms with E-state index in [9.17, 15) is 4.79 Å². The molecular weight excluding hydrogens is 378 g/mol. The van der Waals surface area contributed by atoms with E-state index in [1.807, 2.05) is 54.6 Å². The van der Waals surface area contributed by atoms with E-state index in [1.165, 1.54) is 0 Å². The molecule has 2 aromatic heterocycles. The van der Waals surface area contributed by atoms with E-state index in [2.05, 4.69) is 25.3 Å². The maximum absolute atomic E-state index is 12.7. The molecule has 5 rings (SSSR count). The number of fused-ring (bicyclic) bond motifs is 1. The van der Waals surface area contributed by atoms with Crippen molar-refractivity contribution >= 4 is 22.6 Å². The van der Waals surface area contributed by atoms with Crippen LogP contribution in [0.2, 0.25) is 0 Å². The highest BCUT2D eigenvalue weighted by Gasteiger charge is 2.25. The van der Waals surface area contributed by atoms with Crippen molar-refractivity contribution < 1.29 is 9.32 Å². The quantitative estimate of drug-likeness (QED) is 0.526. The van der Waals surface area contributed by atoms with Crippen molar-refractivity contribution in [2.75, 3.05) is 18.4 Å². The molecule has 7 heteroatoms. The molecule has 0 atom stereocenters. The van der Waals surface area contributed by atoms with Gasteiger partial charge in [-0.05, 0) is 62.3 Å². The largest absolute Gasteiger partial charge is 0.364 e. The highest BCUT2D eigenvalue weighted by atomic mass is 16.5. The molecule has 1 aliphatic rings. The Morgan fingerprint density at radius 3 is 2.63 bits per heavy atom. The molecule has 1 saturated heterocycles. The molecule has 7 nitrogen and oxygen atoms in total. The second kappa shape index (κ2) is 8.12. The second-order valence-electron chi connectivity index (χ2n) is 7.71. The van der Waals surface area contributed by atoms with Gasteiger partial charge in [-0.15, -0.1) is 0 Å². The third-order valence-corrected chi connectivity index (χ3v) is 5.65. The fraction of sp³-hybridized carbons (Fsp3) is 0.261. The molecule has 0 bridgehead atoms. The molecule has 152 valence electrons. The van der Waals surface area contributed by atoms with Gasteiger partial charge in [0.15, 0.2) is 0 Å². The summed E-state index contributed by atoms with van der Waals surface area (Å²) in [5, 5.41) is 7.02. The molecule has 2 N–H and O–H groups in total. The molecule has 0 unspecified atom stereocenters. The average Bonchev–Trinajstić information content (AvgIpc) is 3.44. The zero-order valence-electron chi connectivity index (χ0n) is 16.5. The predicted octanol–water partition coefficient (Wildman–Crippen LogP) is 4.07. The van der Waals surface area contributed by atoms with E-state index in [0.29, 0.717) is 0 Å². The number of aromatic amines is 1. The molecular formula is C23H23N5O2. The number of hydrogen-bond donors (Lipinski definition) is 2. The number of nitrogens with one attached hydrogen (secondary N) is 2. The number of H-pyrrole nitrogens is 1. The van der Waals surface area contributed by atoms with Crippen LogP contribution in [0.1, 0.15) is 18.5 Å². The first-order valence-corrected chi connectivity index (χ1v) is 10.2. The third-order valence-electron chi connectivity index (χ3n) is 5.65. The van der Waals surface area contributed by atoms with Gasteiger partial charge in [-0.25, -0.2) is 4.98 Å². The first kappa shape index (κ1) is 18.6. The number of piperidine rings is 1. The Bertz CT molecular complexity index is 1090. The number of imidazole rings is 1. The summed E-state index contributed by atoms with van der Waals surface area (Å²) in [6.07, 6.45) is 3.29. The third kappa shape index (κ3) is 3.97. The van der Waals surface area contributed by atoms with Gasteiger partial charge in [0.1, 0.15) is 12.1 Å².